The predicted molar refractivity (Wildman–Crippen MR) is 156 cm³/mol. The van der Waals surface area contributed by atoms with E-state index < -0.39 is 5.97 Å². The van der Waals surface area contributed by atoms with Gasteiger partial charge in [0.25, 0.3) is 0 Å². The van der Waals surface area contributed by atoms with Crippen LogP contribution in [-0.2, 0) is 14.3 Å². The summed E-state index contributed by atoms with van der Waals surface area (Å²) in [6.07, 6.45) is 6.82. The highest BCUT2D eigenvalue weighted by Gasteiger charge is 2.03. The fourth-order valence-corrected chi connectivity index (χ4v) is 3.45. The molecule has 0 fully saturated rings. The summed E-state index contributed by atoms with van der Waals surface area (Å²) in [6, 6.07) is 22.1. The zero-order valence-electron chi connectivity index (χ0n) is 23.0. The van der Waals surface area contributed by atoms with E-state index >= 15 is 0 Å². The lowest BCUT2D eigenvalue weighted by Crippen LogP contribution is -2.06. The van der Waals surface area contributed by atoms with Crippen molar-refractivity contribution in [1.29, 1.82) is 0 Å². The number of esters is 2. The number of benzene rings is 3. The van der Waals surface area contributed by atoms with Crippen molar-refractivity contribution in [2.45, 2.75) is 32.6 Å². The molecular formula is C34H34O6. The average Bonchev–Trinajstić information content (AvgIpc) is 2.97. The van der Waals surface area contributed by atoms with Crippen LogP contribution in [0, 0.1) is 11.8 Å². The minimum absolute atomic E-state index is 0.331. The van der Waals surface area contributed by atoms with Crippen LogP contribution in [-0.4, -0.2) is 32.3 Å². The maximum absolute atomic E-state index is 12.1. The summed E-state index contributed by atoms with van der Waals surface area (Å²) in [5.41, 5.74) is 2.98. The molecule has 0 aliphatic carbocycles. The van der Waals surface area contributed by atoms with E-state index in [1.165, 1.54) is 6.08 Å². The van der Waals surface area contributed by atoms with Crippen molar-refractivity contribution in [2.24, 2.45) is 0 Å². The van der Waals surface area contributed by atoms with Crippen molar-refractivity contribution in [2.75, 3.05) is 20.3 Å². The summed E-state index contributed by atoms with van der Waals surface area (Å²) < 4.78 is 21.4. The zero-order chi connectivity index (χ0) is 28.6. The van der Waals surface area contributed by atoms with Crippen LogP contribution in [0.1, 0.15) is 49.3 Å². The van der Waals surface area contributed by atoms with Gasteiger partial charge in [0, 0.05) is 22.8 Å². The minimum atomic E-state index is -0.460. The third-order valence-electron chi connectivity index (χ3n) is 5.69. The molecule has 0 bridgehead atoms. The predicted octanol–water partition coefficient (Wildman–Crippen LogP) is 6.77. The highest BCUT2D eigenvalue weighted by atomic mass is 16.5. The van der Waals surface area contributed by atoms with Crippen LogP contribution in [0.4, 0.5) is 0 Å². The van der Waals surface area contributed by atoms with E-state index in [0.29, 0.717) is 24.5 Å². The fourth-order valence-electron chi connectivity index (χ4n) is 3.45. The van der Waals surface area contributed by atoms with Gasteiger partial charge in [-0.2, -0.15) is 0 Å². The van der Waals surface area contributed by atoms with Crippen LogP contribution in [0.25, 0.3) is 6.08 Å². The number of hydrogen-bond donors (Lipinski definition) is 0. The summed E-state index contributed by atoms with van der Waals surface area (Å²) in [7, 11) is 1.61. The van der Waals surface area contributed by atoms with Crippen LogP contribution in [0.5, 0.6) is 17.2 Å². The topological polar surface area (TPSA) is 71.1 Å². The van der Waals surface area contributed by atoms with E-state index in [1.54, 1.807) is 32.2 Å². The van der Waals surface area contributed by atoms with Crippen LogP contribution in [0.2, 0.25) is 0 Å². The molecule has 6 heteroatoms. The molecule has 206 valence electrons. The molecule has 3 aromatic carbocycles. The number of methoxy groups -OCH3 is 1. The Morgan fingerprint density at radius 1 is 0.750 bits per heavy atom. The number of unbranched alkanes of at least 4 members (excludes halogenated alkanes) is 3. The Morgan fingerprint density at radius 3 is 1.88 bits per heavy atom. The van der Waals surface area contributed by atoms with Gasteiger partial charge < -0.3 is 18.9 Å². The lowest BCUT2D eigenvalue weighted by molar-refractivity contribution is -0.139. The van der Waals surface area contributed by atoms with Crippen LogP contribution < -0.4 is 14.2 Å². The van der Waals surface area contributed by atoms with Gasteiger partial charge in [0.2, 0.25) is 0 Å². The molecule has 0 amide bonds. The van der Waals surface area contributed by atoms with Crippen molar-refractivity contribution in [3.05, 3.63) is 108 Å². The van der Waals surface area contributed by atoms with E-state index in [0.717, 1.165) is 53.9 Å². The molecule has 3 aromatic rings. The third-order valence-corrected chi connectivity index (χ3v) is 5.69. The van der Waals surface area contributed by atoms with Gasteiger partial charge in [0.1, 0.15) is 17.2 Å². The molecule has 0 N–H and O–H groups in total. The molecule has 0 saturated heterocycles. The second-order valence-electron chi connectivity index (χ2n) is 9.01. The quantitative estimate of drug-likeness (QED) is 0.0786. The SMILES string of the molecule is C=C(C)C(=O)OCCCCCCOc1ccc(C#Cc2ccc(OC(=O)/C=C/c3ccc(OC)cc3)cc2)cc1. The van der Waals surface area contributed by atoms with Crippen molar-refractivity contribution in [3.63, 3.8) is 0 Å². The van der Waals surface area contributed by atoms with E-state index in [9.17, 15) is 9.59 Å². The summed E-state index contributed by atoms with van der Waals surface area (Å²) in [5, 5.41) is 0. The van der Waals surface area contributed by atoms with Gasteiger partial charge in [-0.3, -0.25) is 0 Å². The first-order chi connectivity index (χ1) is 19.4. The van der Waals surface area contributed by atoms with Crippen LogP contribution >= 0.6 is 0 Å². The number of carbonyl (C=O) groups is 2. The molecule has 40 heavy (non-hydrogen) atoms. The molecule has 6 nitrogen and oxygen atoms in total. The van der Waals surface area contributed by atoms with Gasteiger partial charge in [-0.1, -0.05) is 30.6 Å². The molecule has 0 heterocycles. The Labute approximate surface area is 236 Å². The molecule has 0 atom stereocenters. The largest absolute Gasteiger partial charge is 0.497 e. The van der Waals surface area contributed by atoms with Gasteiger partial charge in [0.05, 0.1) is 20.3 Å². The van der Waals surface area contributed by atoms with Crippen molar-refractivity contribution >= 4 is 18.0 Å². The number of carbonyl (C=O) groups excluding carboxylic acids is 2. The normalized spacial score (nSPS) is 10.3. The monoisotopic (exact) mass is 538 g/mol. The Morgan fingerprint density at radius 2 is 1.30 bits per heavy atom. The first-order valence-corrected chi connectivity index (χ1v) is 13.1. The summed E-state index contributed by atoms with van der Waals surface area (Å²) >= 11 is 0. The van der Waals surface area contributed by atoms with Gasteiger partial charge in [0.15, 0.2) is 0 Å². The van der Waals surface area contributed by atoms with Crippen molar-refractivity contribution < 1.29 is 28.5 Å². The standard InChI is InChI=1S/C34H34O6/c1-26(2)34(36)39-25-7-5-4-6-24-38-31-19-12-27(13-20-31)8-9-28-14-21-32(22-15-28)40-33(35)23-16-29-10-17-30(37-3)18-11-29/h10-23H,1,4-7,24-25H2,2-3H3/b23-16+. The first-order valence-electron chi connectivity index (χ1n) is 13.1. The van der Waals surface area contributed by atoms with Gasteiger partial charge >= 0.3 is 11.9 Å². The highest BCUT2D eigenvalue weighted by Crippen LogP contribution is 2.16. The lowest BCUT2D eigenvalue weighted by atomic mass is 10.1. The Kier molecular flexibility index (Phi) is 12.1. The van der Waals surface area contributed by atoms with Gasteiger partial charge in [-0.25, -0.2) is 9.59 Å². The molecule has 0 aromatic heterocycles. The van der Waals surface area contributed by atoms with Gasteiger partial charge in [-0.15, -0.1) is 0 Å². The van der Waals surface area contributed by atoms with E-state index in [2.05, 4.69) is 18.4 Å². The highest BCUT2D eigenvalue weighted by molar-refractivity contribution is 5.88. The van der Waals surface area contributed by atoms with Crippen molar-refractivity contribution in [1.82, 2.24) is 0 Å². The van der Waals surface area contributed by atoms with Gasteiger partial charge in [-0.05, 0) is 105 Å². The second-order valence-corrected chi connectivity index (χ2v) is 9.01. The van der Waals surface area contributed by atoms with E-state index in [4.69, 9.17) is 18.9 Å². The number of ether oxygens (including phenoxy) is 4. The molecule has 0 unspecified atom stereocenters. The average molecular weight is 539 g/mol. The molecule has 0 radical (unpaired) electrons. The molecular weight excluding hydrogens is 504 g/mol. The van der Waals surface area contributed by atoms with Crippen LogP contribution in [0.15, 0.2) is 91.0 Å². The third kappa shape index (κ3) is 10.9. The fraction of sp³-hybridized carbons (Fsp3) is 0.235. The maximum Gasteiger partial charge on any atom is 0.336 e. The molecule has 0 aliphatic heterocycles. The first kappa shape index (κ1) is 29.8. The maximum atomic E-state index is 12.1. The number of rotatable bonds is 13. The van der Waals surface area contributed by atoms with Crippen molar-refractivity contribution in [3.8, 4) is 29.1 Å². The van der Waals surface area contributed by atoms with E-state index in [1.807, 2.05) is 60.7 Å². The summed E-state index contributed by atoms with van der Waals surface area (Å²) in [5.74, 6) is 7.46. The molecule has 0 aliphatic rings. The Balaban J connectivity index is 1.36. The molecule has 3 rings (SSSR count). The molecule has 0 spiro atoms. The minimum Gasteiger partial charge on any atom is -0.497 e. The van der Waals surface area contributed by atoms with E-state index in [-0.39, 0.29) is 5.97 Å². The number of hydrogen-bond acceptors (Lipinski definition) is 6. The zero-order valence-corrected chi connectivity index (χ0v) is 23.0. The molecule has 0 saturated carbocycles. The smallest absolute Gasteiger partial charge is 0.336 e. The Hall–Kier alpha value is -4.76. The summed E-state index contributed by atoms with van der Waals surface area (Å²) in [6.45, 7) is 6.26. The second kappa shape index (κ2) is 16.3. The van der Waals surface area contributed by atoms with Crippen LogP contribution in [0.3, 0.4) is 0 Å². The Bertz CT molecular complexity index is 1340. The lowest BCUT2D eigenvalue weighted by Gasteiger charge is -2.07. The summed E-state index contributed by atoms with van der Waals surface area (Å²) in [4.78, 5) is 23.4.